The average Bonchev–Trinajstić information content (AvgIpc) is 3.39. The van der Waals surface area contributed by atoms with Gasteiger partial charge in [0.1, 0.15) is 0 Å². The molecule has 3 heterocycles. The Morgan fingerprint density at radius 1 is 0.288 bits per heavy atom. The van der Waals surface area contributed by atoms with Gasteiger partial charge in [-0.2, -0.15) is 0 Å². The van der Waals surface area contributed by atoms with E-state index < -0.39 is 0 Å². The first-order valence-electron chi connectivity index (χ1n) is 22.7. The fourth-order valence-corrected chi connectivity index (χ4v) is 8.97. The monoisotopic (exact) mass is 851 g/mol. The Morgan fingerprint density at radius 3 is 1.26 bits per heavy atom. The van der Waals surface area contributed by atoms with E-state index in [2.05, 4.69) is 191 Å². The van der Waals surface area contributed by atoms with Crippen LogP contribution in [0.15, 0.2) is 213 Å². The van der Waals surface area contributed by atoms with Crippen molar-refractivity contribution in [3.63, 3.8) is 0 Å². The first kappa shape index (κ1) is 41.8. The van der Waals surface area contributed by atoms with E-state index >= 15 is 0 Å². The molecule has 5 heteroatoms. The molecule has 0 unspecified atom stereocenters. The fourth-order valence-electron chi connectivity index (χ4n) is 8.97. The van der Waals surface area contributed by atoms with Gasteiger partial charge in [-0.3, -0.25) is 0 Å². The number of pyridine rings is 1. The molecule has 0 saturated heterocycles. The molecule has 0 fully saturated rings. The van der Waals surface area contributed by atoms with E-state index in [1.54, 1.807) is 12.4 Å². The molecule has 0 radical (unpaired) electrons. The lowest BCUT2D eigenvalue weighted by Gasteiger charge is -2.20. The molecule has 66 heavy (non-hydrogen) atoms. The number of hydrogen-bond acceptors (Lipinski definition) is 5. The third-order valence-electron chi connectivity index (χ3n) is 12.2. The molecular formula is C61H49N5. The van der Waals surface area contributed by atoms with Crippen LogP contribution in [-0.4, -0.2) is 24.9 Å². The van der Waals surface area contributed by atoms with E-state index in [1.807, 2.05) is 36.4 Å². The molecular weight excluding hydrogens is 803 g/mol. The summed E-state index contributed by atoms with van der Waals surface area (Å²) in [5.74, 6) is 1.82. The van der Waals surface area contributed by atoms with Gasteiger partial charge in [0, 0.05) is 51.3 Å². The highest BCUT2D eigenvalue weighted by Gasteiger charge is 2.22. The number of hydrogen-bond donors (Lipinski definition) is 0. The highest BCUT2D eigenvalue weighted by atomic mass is 14.9. The molecule has 5 nitrogen and oxygen atoms in total. The minimum absolute atomic E-state index is 0.189. The number of nitrogens with zero attached hydrogens (tertiary/aromatic N) is 5. The second kappa shape index (κ2) is 18.5. The lowest BCUT2D eigenvalue weighted by atomic mass is 9.87. The predicted molar refractivity (Wildman–Crippen MR) is 273 cm³/mol. The number of rotatable bonds is 11. The van der Waals surface area contributed by atoms with Gasteiger partial charge in [0.2, 0.25) is 0 Å². The van der Waals surface area contributed by atoms with E-state index in [-0.39, 0.29) is 11.8 Å². The Bertz CT molecular complexity index is 3240. The third-order valence-corrected chi connectivity index (χ3v) is 12.2. The summed E-state index contributed by atoms with van der Waals surface area (Å²) >= 11 is 0. The van der Waals surface area contributed by atoms with Crippen LogP contribution < -0.4 is 0 Å². The molecule has 0 aliphatic heterocycles. The Morgan fingerprint density at radius 2 is 0.712 bits per heavy atom. The maximum Gasteiger partial charge on any atom is 0.160 e. The maximum absolute atomic E-state index is 5.38. The van der Waals surface area contributed by atoms with Crippen LogP contribution in [-0.2, 0) is 0 Å². The molecule has 0 aliphatic rings. The molecule has 0 atom stereocenters. The van der Waals surface area contributed by atoms with Crippen LogP contribution >= 0.6 is 0 Å². The SMILES string of the molecule is CC(C)c1c(-c2ccccc2)cc(-c2ccccc2)nc1-c1ccc(-c2ccc(-c3ccc(-c4nc(-c5ccccc5)nc(-c5ccccc5)c4C(C)C)cc3)cc2-c2ncccn2)cc1. The Labute approximate surface area is 387 Å². The van der Waals surface area contributed by atoms with E-state index in [1.165, 1.54) is 16.7 Å². The van der Waals surface area contributed by atoms with Gasteiger partial charge in [-0.1, -0.05) is 210 Å². The summed E-state index contributed by atoms with van der Waals surface area (Å²) in [5.41, 5.74) is 19.1. The third kappa shape index (κ3) is 8.47. The van der Waals surface area contributed by atoms with E-state index in [9.17, 15) is 0 Å². The van der Waals surface area contributed by atoms with Gasteiger partial charge >= 0.3 is 0 Å². The smallest absolute Gasteiger partial charge is 0.160 e. The zero-order chi connectivity index (χ0) is 45.0. The normalized spacial score (nSPS) is 11.3. The van der Waals surface area contributed by atoms with Crippen LogP contribution in [0.1, 0.15) is 50.7 Å². The molecule has 10 rings (SSSR count). The average molecular weight is 852 g/mol. The highest BCUT2D eigenvalue weighted by Crippen LogP contribution is 2.42. The van der Waals surface area contributed by atoms with Crippen molar-refractivity contribution < 1.29 is 0 Å². The quantitative estimate of drug-likeness (QED) is 0.130. The molecule has 0 spiro atoms. The lowest BCUT2D eigenvalue weighted by Crippen LogP contribution is -2.05. The van der Waals surface area contributed by atoms with Crippen LogP contribution in [0, 0.1) is 0 Å². The van der Waals surface area contributed by atoms with Crippen LogP contribution in [0.2, 0.25) is 0 Å². The molecule has 0 saturated carbocycles. The van der Waals surface area contributed by atoms with E-state index in [0.717, 1.165) is 84.0 Å². The molecule has 7 aromatic carbocycles. The largest absolute Gasteiger partial charge is 0.247 e. The highest BCUT2D eigenvalue weighted by molar-refractivity contribution is 5.87. The number of benzene rings is 7. The first-order valence-corrected chi connectivity index (χ1v) is 22.7. The number of aromatic nitrogens is 5. The van der Waals surface area contributed by atoms with E-state index in [4.69, 9.17) is 24.9 Å². The van der Waals surface area contributed by atoms with Crippen molar-refractivity contribution in [2.24, 2.45) is 0 Å². The van der Waals surface area contributed by atoms with Crippen molar-refractivity contribution in [3.05, 3.63) is 224 Å². The van der Waals surface area contributed by atoms with E-state index in [0.29, 0.717) is 11.6 Å². The van der Waals surface area contributed by atoms with Gasteiger partial charge in [-0.05, 0) is 69.0 Å². The van der Waals surface area contributed by atoms with Gasteiger partial charge < -0.3 is 0 Å². The van der Waals surface area contributed by atoms with Crippen molar-refractivity contribution in [2.45, 2.75) is 39.5 Å². The second-order valence-electron chi connectivity index (χ2n) is 17.2. The van der Waals surface area contributed by atoms with Gasteiger partial charge in [-0.15, -0.1) is 0 Å². The molecule has 0 aliphatic carbocycles. The maximum atomic E-state index is 5.38. The summed E-state index contributed by atoms with van der Waals surface area (Å²) < 4.78 is 0. The summed E-state index contributed by atoms with van der Waals surface area (Å²) in [7, 11) is 0. The summed E-state index contributed by atoms with van der Waals surface area (Å²) in [4.78, 5) is 25.3. The Kier molecular flexibility index (Phi) is 11.7. The fraction of sp³-hybridized carbons (Fsp3) is 0.0984. The zero-order valence-electron chi connectivity index (χ0n) is 37.6. The van der Waals surface area contributed by atoms with Crippen LogP contribution in [0.3, 0.4) is 0 Å². The van der Waals surface area contributed by atoms with Crippen LogP contribution in [0.4, 0.5) is 0 Å². The Hall–Kier alpha value is -8.15. The van der Waals surface area contributed by atoms with Gasteiger partial charge in [0.15, 0.2) is 11.6 Å². The molecule has 0 bridgehead atoms. The van der Waals surface area contributed by atoms with Gasteiger partial charge in [-0.25, -0.2) is 24.9 Å². The summed E-state index contributed by atoms with van der Waals surface area (Å²) in [6.07, 6.45) is 3.61. The van der Waals surface area contributed by atoms with Crippen molar-refractivity contribution in [3.8, 4) is 101 Å². The van der Waals surface area contributed by atoms with Crippen molar-refractivity contribution >= 4 is 0 Å². The van der Waals surface area contributed by atoms with Crippen LogP contribution in [0.25, 0.3) is 101 Å². The van der Waals surface area contributed by atoms with Crippen LogP contribution in [0.5, 0.6) is 0 Å². The van der Waals surface area contributed by atoms with Crippen molar-refractivity contribution in [1.29, 1.82) is 0 Å². The van der Waals surface area contributed by atoms with Crippen molar-refractivity contribution in [1.82, 2.24) is 24.9 Å². The molecule has 3 aromatic heterocycles. The molecule has 0 N–H and O–H groups in total. The second-order valence-corrected chi connectivity index (χ2v) is 17.2. The molecule has 318 valence electrons. The summed E-state index contributed by atoms with van der Waals surface area (Å²) in [6.45, 7) is 8.96. The molecule has 0 amide bonds. The van der Waals surface area contributed by atoms with Crippen molar-refractivity contribution in [2.75, 3.05) is 0 Å². The van der Waals surface area contributed by atoms with Gasteiger partial charge in [0.05, 0.1) is 22.8 Å². The van der Waals surface area contributed by atoms with Gasteiger partial charge in [0.25, 0.3) is 0 Å². The standard InChI is InChI=1S/C61H49N5/c1-40(2)55-52(43-18-9-5-10-19-43)39-54(45-20-11-6-12-21-45)64-57(55)47-32-28-44(29-33-47)51-35-34-50(38-53(51)61-62-36-17-37-63-61)42-26-30-48(31-27-42)59-56(41(3)4)58(46-22-13-7-14-23-46)65-60(66-59)49-24-15-8-16-25-49/h5-41H,1-4H3. The Balaban J connectivity index is 1.04. The summed E-state index contributed by atoms with van der Waals surface area (Å²) in [5, 5.41) is 0. The minimum atomic E-state index is 0.189. The minimum Gasteiger partial charge on any atom is -0.247 e. The molecule has 10 aromatic rings. The summed E-state index contributed by atoms with van der Waals surface area (Å²) in [6, 6.07) is 70.1. The zero-order valence-corrected chi connectivity index (χ0v) is 37.6. The lowest BCUT2D eigenvalue weighted by molar-refractivity contribution is 0.854. The predicted octanol–water partition coefficient (Wildman–Crippen LogP) is 15.9. The first-order chi connectivity index (χ1) is 32.4. The topological polar surface area (TPSA) is 64.5 Å².